The number of hydrogen-bond donors (Lipinski definition) is 0. The van der Waals surface area contributed by atoms with Gasteiger partial charge in [0.15, 0.2) is 0 Å². The van der Waals surface area contributed by atoms with Gasteiger partial charge in [0, 0.05) is 12.5 Å². The van der Waals surface area contributed by atoms with Gasteiger partial charge < -0.3 is 4.74 Å². The van der Waals surface area contributed by atoms with Crippen LogP contribution in [-0.4, -0.2) is 18.5 Å². The van der Waals surface area contributed by atoms with E-state index in [1.54, 1.807) is 30.2 Å². The standard InChI is InChI=1S/C11H10O3/c12-8-4-5-9-14-11(13)10-6-2-1-3-7-10/h1-4,6-7H,5,9H2. The van der Waals surface area contributed by atoms with E-state index >= 15 is 0 Å². The number of hydrogen-bond acceptors (Lipinski definition) is 3. The smallest absolute Gasteiger partial charge is 0.338 e. The molecular formula is C11H10O3. The predicted octanol–water partition coefficient (Wildman–Crippen LogP) is 1.62. The van der Waals surface area contributed by atoms with Crippen molar-refractivity contribution in [3.05, 3.63) is 42.0 Å². The first-order valence-corrected chi connectivity index (χ1v) is 4.26. The highest BCUT2D eigenvalue weighted by Crippen LogP contribution is 2.01. The van der Waals surface area contributed by atoms with Crippen molar-refractivity contribution < 1.29 is 14.3 Å². The molecule has 0 spiro atoms. The molecule has 0 aliphatic carbocycles. The second-order valence-corrected chi connectivity index (χ2v) is 2.61. The largest absolute Gasteiger partial charge is 0.462 e. The van der Waals surface area contributed by atoms with Gasteiger partial charge in [0.1, 0.15) is 5.94 Å². The minimum absolute atomic E-state index is 0.211. The summed E-state index contributed by atoms with van der Waals surface area (Å²) in [6.07, 6.45) is 1.69. The van der Waals surface area contributed by atoms with Crippen LogP contribution in [0.15, 0.2) is 36.4 Å². The average molecular weight is 190 g/mol. The molecule has 0 aliphatic rings. The van der Waals surface area contributed by atoms with Crippen LogP contribution < -0.4 is 0 Å². The van der Waals surface area contributed by atoms with Crippen LogP contribution in [0.4, 0.5) is 0 Å². The van der Waals surface area contributed by atoms with Crippen molar-refractivity contribution in [2.75, 3.05) is 6.61 Å². The van der Waals surface area contributed by atoms with Crippen LogP contribution in [0.3, 0.4) is 0 Å². The molecule has 0 bridgehead atoms. The van der Waals surface area contributed by atoms with Crippen molar-refractivity contribution in [3.63, 3.8) is 0 Å². The monoisotopic (exact) mass is 190 g/mol. The minimum Gasteiger partial charge on any atom is -0.462 e. The van der Waals surface area contributed by atoms with Crippen molar-refractivity contribution in [2.24, 2.45) is 0 Å². The zero-order valence-electron chi connectivity index (χ0n) is 7.60. The Labute approximate surface area is 82.0 Å². The highest BCUT2D eigenvalue weighted by atomic mass is 16.5. The summed E-state index contributed by atoms with van der Waals surface area (Å²) in [6, 6.07) is 8.71. The Morgan fingerprint density at radius 2 is 2.07 bits per heavy atom. The number of carbonyl (C=O) groups excluding carboxylic acids is 2. The third-order valence-corrected chi connectivity index (χ3v) is 1.59. The first-order valence-electron chi connectivity index (χ1n) is 4.26. The van der Waals surface area contributed by atoms with E-state index in [0.717, 1.165) is 0 Å². The van der Waals surface area contributed by atoms with Gasteiger partial charge in [-0.05, 0) is 12.1 Å². The van der Waals surface area contributed by atoms with Gasteiger partial charge in [-0.1, -0.05) is 18.2 Å². The van der Waals surface area contributed by atoms with E-state index in [1.165, 1.54) is 6.08 Å². The molecule has 1 aromatic carbocycles. The van der Waals surface area contributed by atoms with Crippen molar-refractivity contribution in [1.82, 2.24) is 0 Å². The molecule has 0 saturated carbocycles. The maximum absolute atomic E-state index is 11.3. The van der Waals surface area contributed by atoms with Gasteiger partial charge in [0.05, 0.1) is 12.2 Å². The molecule has 0 heterocycles. The van der Waals surface area contributed by atoms with Gasteiger partial charge in [0.2, 0.25) is 0 Å². The number of ether oxygens (including phenoxy) is 1. The summed E-state index contributed by atoms with van der Waals surface area (Å²) in [6.45, 7) is 0.211. The highest BCUT2D eigenvalue weighted by Gasteiger charge is 2.03. The summed E-state index contributed by atoms with van der Waals surface area (Å²) in [5.74, 6) is 1.24. The maximum atomic E-state index is 11.3. The lowest BCUT2D eigenvalue weighted by Crippen LogP contribution is -2.05. The Hall–Kier alpha value is -1.86. The Morgan fingerprint density at radius 1 is 1.36 bits per heavy atom. The lowest BCUT2D eigenvalue weighted by molar-refractivity contribution is 0.0512. The number of esters is 1. The Morgan fingerprint density at radius 3 is 2.71 bits per heavy atom. The zero-order valence-corrected chi connectivity index (χ0v) is 7.60. The first-order chi connectivity index (χ1) is 6.84. The minimum atomic E-state index is -0.370. The molecule has 0 atom stereocenters. The molecule has 1 rings (SSSR count). The number of rotatable bonds is 4. The molecule has 0 fully saturated rings. The van der Waals surface area contributed by atoms with E-state index in [4.69, 9.17) is 4.74 Å². The molecule has 0 aromatic heterocycles. The van der Waals surface area contributed by atoms with E-state index < -0.39 is 0 Å². The van der Waals surface area contributed by atoms with Crippen LogP contribution in [0.25, 0.3) is 0 Å². The second-order valence-electron chi connectivity index (χ2n) is 2.61. The normalized spacial score (nSPS) is 8.86. The maximum Gasteiger partial charge on any atom is 0.338 e. The van der Waals surface area contributed by atoms with Crippen LogP contribution in [0.2, 0.25) is 0 Å². The lowest BCUT2D eigenvalue weighted by Gasteiger charge is -2.01. The van der Waals surface area contributed by atoms with Crippen LogP contribution in [0.1, 0.15) is 16.8 Å². The van der Waals surface area contributed by atoms with E-state index in [2.05, 4.69) is 0 Å². The predicted molar refractivity (Wildman–Crippen MR) is 51.6 cm³/mol. The topological polar surface area (TPSA) is 43.4 Å². The van der Waals surface area contributed by atoms with Crippen LogP contribution in [0, 0.1) is 0 Å². The molecule has 0 amide bonds. The molecule has 14 heavy (non-hydrogen) atoms. The van der Waals surface area contributed by atoms with E-state index in [0.29, 0.717) is 12.0 Å². The van der Waals surface area contributed by atoms with Gasteiger partial charge in [-0.3, -0.25) is 0 Å². The molecule has 1 aromatic rings. The molecule has 3 heteroatoms. The Balaban J connectivity index is 2.40. The lowest BCUT2D eigenvalue weighted by atomic mass is 10.2. The number of carbonyl (C=O) groups is 1. The molecule has 72 valence electrons. The van der Waals surface area contributed by atoms with Gasteiger partial charge >= 0.3 is 5.97 Å². The average Bonchev–Trinajstić information content (AvgIpc) is 2.25. The van der Waals surface area contributed by atoms with Crippen LogP contribution >= 0.6 is 0 Å². The fraction of sp³-hybridized carbons (Fsp3) is 0.182. The van der Waals surface area contributed by atoms with Crippen molar-refractivity contribution in [1.29, 1.82) is 0 Å². The molecular weight excluding hydrogens is 180 g/mol. The molecule has 0 saturated heterocycles. The van der Waals surface area contributed by atoms with Crippen molar-refractivity contribution in [2.45, 2.75) is 6.42 Å². The molecule has 0 N–H and O–H groups in total. The summed E-state index contributed by atoms with van der Waals surface area (Å²) in [4.78, 5) is 21.1. The fourth-order valence-electron chi connectivity index (χ4n) is 0.927. The second kappa shape index (κ2) is 5.73. The van der Waals surface area contributed by atoms with Crippen molar-refractivity contribution in [3.8, 4) is 0 Å². The van der Waals surface area contributed by atoms with Gasteiger partial charge in [-0.2, -0.15) is 0 Å². The SMILES string of the molecule is O=C=CCCOC(=O)c1ccccc1. The van der Waals surface area contributed by atoms with Crippen LogP contribution in [0.5, 0.6) is 0 Å². The summed E-state index contributed by atoms with van der Waals surface area (Å²) >= 11 is 0. The first kappa shape index (κ1) is 10.2. The van der Waals surface area contributed by atoms with Crippen molar-refractivity contribution >= 4 is 11.9 Å². The third kappa shape index (κ3) is 3.25. The molecule has 0 radical (unpaired) electrons. The quantitative estimate of drug-likeness (QED) is 0.411. The molecule has 0 unspecified atom stereocenters. The Bertz CT molecular complexity index is 337. The third-order valence-electron chi connectivity index (χ3n) is 1.59. The van der Waals surface area contributed by atoms with E-state index in [9.17, 15) is 9.59 Å². The van der Waals surface area contributed by atoms with E-state index in [-0.39, 0.29) is 12.6 Å². The Kier molecular flexibility index (Phi) is 4.18. The number of benzene rings is 1. The van der Waals surface area contributed by atoms with Crippen LogP contribution in [-0.2, 0) is 9.53 Å². The highest BCUT2D eigenvalue weighted by molar-refractivity contribution is 5.89. The van der Waals surface area contributed by atoms with Gasteiger partial charge in [-0.25, -0.2) is 9.59 Å². The van der Waals surface area contributed by atoms with Gasteiger partial charge in [0.25, 0.3) is 0 Å². The van der Waals surface area contributed by atoms with Gasteiger partial charge in [-0.15, -0.1) is 0 Å². The summed E-state index contributed by atoms with van der Waals surface area (Å²) in [7, 11) is 0. The zero-order chi connectivity index (χ0) is 10.2. The molecule has 3 nitrogen and oxygen atoms in total. The fourth-order valence-corrected chi connectivity index (χ4v) is 0.927. The summed E-state index contributed by atoms with van der Waals surface area (Å²) in [5, 5.41) is 0. The summed E-state index contributed by atoms with van der Waals surface area (Å²) in [5.41, 5.74) is 0.516. The summed E-state index contributed by atoms with van der Waals surface area (Å²) < 4.78 is 4.88. The molecule has 0 aliphatic heterocycles. The van der Waals surface area contributed by atoms with E-state index in [1.807, 2.05) is 6.07 Å².